The lowest BCUT2D eigenvalue weighted by Gasteiger charge is -2.24. The Bertz CT molecular complexity index is 260. The largest absolute Gasteiger partial charge is 0.508 e. The van der Waals surface area contributed by atoms with E-state index in [0.717, 1.165) is 6.42 Å². The normalized spacial score (nSPS) is 12.3. The molecule has 0 aliphatic heterocycles. The molecule has 0 aromatic heterocycles. The van der Waals surface area contributed by atoms with Gasteiger partial charge < -0.3 is 9.47 Å². The van der Waals surface area contributed by atoms with Crippen molar-refractivity contribution in [2.75, 3.05) is 13.2 Å². The molecule has 0 aromatic carbocycles. The number of carbonyl (C=O) groups excluding carboxylic acids is 1. The number of carbonyl (C=O) groups is 1. The van der Waals surface area contributed by atoms with Gasteiger partial charge in [-0.3, -0.25) is 0 Å². The van der Waals surface area contributed by atoms with Gasteiger partial charge in [0.25, 0.3) is 0 Å². The minimum absolute atomic E-state index is 0.385. The summed E-state index contributed by atoms with van der Waals surface area (Å²) in [6.07, 6.45) is 1.83. The van der Waals surface area contributed by atoms with Crippen LogP contribution in [0.3, 0.4) is 0 Å². The fourth-order valence-electron chi connectivity index (χ4n) is 2.09. The zero-order valence-corrected chi connectivity index (χ0v) is 15.7. The summed E-state index contributed by atoms with van der Waals surface area (Å²) in [4.78, 5) is 11.0. The fourth-order valence-corrected chi connectivity index (χ4v) is 6.16. The van der Waals surface area contributed by atoms with Crippen LogP contribution in [0.1, 0.15) is 19.8 Å². The molecule has 0 heterocycles. The predicted octanol–water partition coefficient (Wildman–Crippen LogP) is 4.99. The van der Waals surface area contributed by atoms with Crippen molar-refractivity contribution in [1.29, 1.82) is 0 Å². The molecule has 0 aromatic rings. The van der Waals surface area contributed by atoms with Crippen LogP contribution in [0.15, 0.2) is 0 Å². The average Bonchev–Trinajstić information content (AvgIpc) is 2.22. The molecule has 0 spiro atoms. The molecule has 0 saturated carbocycles. The minimum Gasteiger partial charge on any atom is -0.435 e. The minimum atomic E-state index is -1.10. The van der Waals surface area contributed by atoms with Gasteiger partial charge in [-0.05, 0) is 13.3 Å². The maximum atomic E-state index is 11.0. The van der Waals surface area contributed by atoms with E-state index in [1.807, 2.05) is 0 Å². The van der Waals surface area contributed by atoms with E-state index in [0.29, 0.717) is 13.2 Å². The SMILES string of the molecule is CCOC(=O)OCCC[Si](C)(C)CCC[Si](C)(C)C. The van der Waals surface area contributed by atoms with Crippen molar-refractivity contribution >= 4 is 22.3 Å². The van der Waals surface area contributed by atoms with Crippen LogP contribution in [0.4, 0.5) is 4.79 Å². The molecule has 0 rings (SSSR count). The maximum absolute atomic E-state index is 11.0. The van der Waals surface area contributed by atoms with E-state index in [4.69, 9.17) is 9.47 Å². The lowest BCUT2D eigenvalue weighted by Crippen LogP contribution is -2.27. The Hall–Kier alpha value is -0.296. The Morgan fingerprint density at radius 2 is 1.47 bits per heavy atom. The Morgan fingerprint density at radius 3 is 2.00 bits per heavy atom. The van der Waals surface area contributed by atoms with Crippen LogP contribution in [0, 0.1) is 0 Å². The van der Waals surface area contributed by atoms with Gasteiger partial charge in [-0.2, -0.15) is 0 Å². The third kappa shape index (κ3) is 12.5. The molecule has 0 fully saturated rings. The highest BCUT2D eigenvalue weighted by atomic mass is 28.3. The van der Waals surface area contributed by atoms with Crippen LogP contribution in [-0.4, -0.2) is 35.5 Å². The summed E-state index contributed by atoms with van der Waals surface area (Å²) in [5.41, 5.74) is 0. The lowest BCUT2D eigenvalue weighted by atomic mass is 10.5. The molecule has 5 heteroatoms. The predicted molar refractivity (Wildman–Crippen MR) is 87.5 cm³/mol. The standard InChI is InChI=1S/C14H32O3Si2/c1-7-16-14(15)17-10-8-12-19(5,6)13-9-11-18(2,3)4/h7-13H2,1-6H3. The summed E-state index contributed by atoms with van der Waals surface area (Å²) in [5, 5.41) is 0. The second-order valence-electron chi connectivity index (χ2n) is 7.21. The zero-order valence-electron chi connectivity index (χ0n) is 13.7. The van der Waals surface area contributed by atoms with Crippen LogP contribution in [0.5, 0.6) is 0 Å². The highest BCUT2D eigenvalue weighted by Gasteiger charge is 2.21. The first kappa shape index (κ1) is 18.7. The summed E-state index contributed by atoms with van der Waals surface area (Å²) < 4.78 is 9.74. The van der Waals surface area contributed by atoms with Crippen molar-refractivity contribution in [3.05, 3.63) is 0 Å². The van der Waals surface area contributed by atoms with E-state index in [2.05, 4.69) is 32.7 Å². The van der Waals surface area contributed by atoms with E-state index in [1.165, 1.54) is 24.6 Å². The Labute approximate surface area is 121 Å². The molecule has 0 aliphatic rings. The lowest BCUT2D eigenvalue weighted by molar-refractivity contribution is 0.0591. The van der Waals surface area contributed by atoms with E-state index in [1.54, 1.807) is 6.92 Å². The van der Waals surface area contributed by atoms with Gasteiger partial charge in [0, 0.05) is 16.1 Å². The quantitative estimate of drug-likeness (QED) is 0.342. The summed E-state index contributed by atoms with van der Waals surface area (Å²) in [5.74, 6) is 0. The van der Waals surface area contributed by atoms with Gasteiger partial charge in [0.2, 0.25) is 0 Å². The molecule has 0 N–H and O–H groups in total. The molecule has 0 radical (unpaired) electrons. The highest BCUT2D eigenvalue weighted by molar-refractivity contribution is 6.78. The van der Waals surface area contributed by atoms with Crippen molar-refractivity contribution in [2.45, 2.75) is 70.6 Å². The highest BCUT2D eigenvalue weighted by Crippen LogP contribution is 2.23. The molecule has 0 saturated heterocycles. The molecular formula is C14H32O3Si2. The topological polar surface area (TPSA) is 35.5 Å². The van der Waals surface area contributed by atoms with E-state index < -0.39 is 22.3 Å². The van der Waals surface area contributed by atoms with Gasteiger partial charge in [-0.25, -0.2) is 4.79 Å². The van der Waals surface area contributed by atoms with Crippen molar-refractivity contribution in [2.24, 2.45) is 0 Å². The molecule has 0 amide bonds. The summed E-state index contributed by atoms with van der Waals surface area (Å²) in [6.45, 7) is 14.9. The van der Waals surface area contributed by atoms with E-state index >= 15 is 0 Å². The van der Waals surface area contributed by atoms with Gasteiger partial charge in [0.1, 0.15) is 0 Å². The summed E-state index contributed by atoms with van der Waals surface area (Å²) in [7, 11) is -1.99. The number of hydrogen-bond donors (Lipinski definition) is 0. The van der Waals surface area contributed by atoms with Crippen LogP contribution < -0.4 is 0 Å². The molecular weight excluding hydrogens is 272 g/mol. The van der Waals surface area contributed by atoms with Crippen molar-refractivity contribution in [3.8, 4) is 0 Å². The van der Waals surface area contributed by atoms with Gasteiger partial charge in [-0.15, -0.1) is 0 Å². The summed E-state index contributed by atoms with van der Waals surface area (Å²) >= 11 is 0. The van der Waals surface area contributed by atoms with Gasteiger partial charge in [0.15, 0.2) is 0 Å². The molecule has 0 bridgehead atoms. The average molecular weight is 305 g/mol. The molecule has 0 atom stereocenters. The van der Waals surface area contributed by atoms with E-state index in [9.17, 15) is 4.79 Å². The van der Waals surface area contributed by atoms with Crippen LogP contribution in [-0.2, 0) is 9.47 Å². The second kappa shape index (κ2) is 8.79. The zero-order chi connectivity index (χ0) is 14.9. The first-order valence-corrected chi connectivity index (χ1v) is 14.6. The number of rotatable bonds is 9. The van der Waals surface area contributed by atoms with Gasteiger partial charge in [-0.1, -0.05) is 57.3 Å². The second-order valence-corrected chi connectivity index (χ2v) is 18.2. The molecule has 114 valence electrons. The summed E-state index contributed by atoms with van der Waals surface area (Å²) in [6, 6.07) is 4.07. The molecule has 19 heavy (non-hydrogen) atoms. The van der Waals surface area contributed by atoms with Crippen LogP contribution >= 0.6 is 0 Å². The fraction of sp³-hybridized carbons (Fsp3) is 0.929. The van der Waals surface area contributed by atoms with Crippen molar-refractivity contribution in [3.63, 3.8) is 0 Å². The molecule has 3 nitrogen and oxygen atoms in total. The molecule has 0 unspecified atom stereocenters. The monoisotopic (exact) mass is 304 g/mol. The Balaban J connectivity index is 3.70. The van der Waals surface area contributed by atoms with E-state index in [-0.39, 0.29) is 0 Å². The third-order valence-electron chi connectivity index (χ3n) is 3.26. The van der Waals surface area contributed by atoms with Crippen LogP contribution in [0.25, 0.3) is 0 Å². The van der Waals surface area contributed by atoms with Crippen molar-refractivity contribution < 1.29 is 14.3 Å². The third-order valence-corrected chi connectivity index (χ3v) is 8.53. The number of ether oxygens (including phenoxy) is 2. The first-order chi connectivity index (χ1) is 8.66. The maximum Gasteiger partial charge on any atom is 0.508 e. The number of hydrogen-bond acceptors (Lipinski definition) is 3. The molecule has 0 aliphatic carbocycles. The van der Waals surface area contributed by atoms with Crippen molar-refractivity contribution in [1.82, 2.24) is 0 Å². The Kier molecular flexibility index (Phi) is 8.65. The van der Waals surface area contributed by atoms with Gasteiger partial charge in [0.05, 0.1) is 13.2 Å². The Morgan fingerprint density at radius 1 is 0.895 bits per heavy atom. The smallest absolute Gasteiger partial charge is 0.435 e. The van der Waals surface area contributed by atoms with Gasteiger partial charge >= 0.3 is 6.16 Å². The first-order valence-electron chi connectivity index (χ1n) is 7.46. The van der Waals surface area contributed by atoms with Crippen LogP contribution in [0.2, 0.25) is 50.9 Å².